The topological polar surface area (TPSA) is 111 Å². The summed E-state index contributed by atoms with van der Waals surface area (Å²) in [5, 5.41) is 0. The van der Waals surface area contributed by atoms with E-state index in [1.807, 2.05) is 21.1 Å². The molecule has 0 aliphatic heterocycles. The van der Waals surface area contributed by atoms with Gasteiger partial charge in [0.2, 0.25) is 0 Å². The van der Waals surface area contributed by atoms with Crippen LogP contribution in [0.5, 0.6) is 0 Å². The molecule has 514 valence electrons. The molecule has 9 nitrogen and oxygen atoms in total. The van der Waals surface area contributed by atoms with Crippen LogP contribution in [0.1, 0.15) is 232 Å². The molecule has 2 atom stereocenters. The molecule has 92 heavy (non-hydrogen) atoms. The average Bonchev–Trinajstić information content (AvgIpc) is 2.34. The maximum Gasteiger partial charge on any atom is 0.306 e. The third kappa shape index (κ3) is 73.4. The summed E-state index contributed by atoms with van der Waals surface area (Å²) in [6, 6.07) is 0. The molecule has 0 saturated heterocycles. The fourth-order valence-electron chi connectivity index (χ4n) is 8.64. The van der Waals surface area contributed by atoms with Crippen LogP contribution in [0.15, 0.2) is 219 Å². The van der Waals surface area contributed by atoms with Gasteiger partial charge in [-0.05, 0) is 154 Å². The Bertz CT molecular complexity index is 2360. The Labute approximate surface area is 563 Å². The average molecular weight is 1290 g/mol. The SMILES string of the molecule is CC/C=C\C/C=C\C/C=C\C/C=C\C/C=C\C/C=C\C/C=C\C/C=C\C/C=C\C/C=C\CCCCCCCCC(=O)OC(COC(=O)CCCCCCCC/C=C\C/C=C\C/C=C\C/C=C\C/C=C\C/C=C\C/C=C\C/C=C\CC)COP(=O)([O-])OCC[N+](C)(C)C. The van der Waals surface area contributed by atoms with Gasteiger partial charge in [-0.25, -0.2) is 0 Å². The van der Waals surface area contributed by atoms with Crippen molar-refractivity contribution in [3.8, 4) is 0 Å². The predicted molar refractivity (Wildman–Crippen MR) is 396 cm³/mol. The zero-order valence-corrected chi connectivity index (χ0v) is 59.3. The molecule has 0 aliphatic carbocycles. The maximum absolute atomic E-state index is 12.9. The Hall–Kier alpha value is -5.67. The number of esters is 2. The van der Waals surface area contributed by atoms with Crippen LogP contribution in [-0.2, 0) is 32.7 Å². The number of quaternary nitrogens is 1. The summed E-state index contributed by atoms with van der Waals surface area (Å²) >= 11 is 0. The quantitative estimate of drug-likeness (QED) is 0.0195. The number of nitrogens with zero attached hydrogens (tertiary/aromatic N) is 1. The lowest BCUT2D eigenvalue weighted by Crippen LogP contribution is -2.37. The monoisotopic (exact) mass is 1290 g/mol. The second-order valence-corrected chi connectivity index (χ2v) is 25.2. The summed E-state index contributed by atoms with van der Waals surface area (Å²) < 4.78 is 34.3. The van der Waals surface area contributed by atoms with E-state index in [1.165, 1.54) is 0 Å². The number of hydrogen-bond donors (Lipinski definition) is 0. The Morgan fingerprint density at radius 1 is 0.337 bits per heavy atom. The fourth-order valence-corrected chi connectivity index (χ4v) is 9.37. The van der Waals surface area contributed by atoms with Gasteiger partial charge < -0.3 is 27.9 Å². The van der Waals surface area contributed by atoms with E-state index in [0.717, 1.165) is 193 Å². The molecule has 0 amide bonds. The summed E-state index contributed by atoms with van der Waals surface area (Å²) in [6.45, 7) is 3.94. The van der Waals surface area contributed by atoms with E-state index < -0.39 is 32.5 Å². The molecule has 0 bridgehead atoms. The van der Waals surface area contributed by atoms with Crippen LogP contribution in [0.4, 0.5) is 0 Å². The highest BCUT2D eigenvalue weighted by Gasteiger charge is 2.22. The van der Waals surface area contributed by atoms with Crippen LogP contribution in [0.25, 0.3) is 0 Å². The second-order valence-electron chi connectivity index (χ2n) is 23.8. The van der Waals surface area contributed by atoms with E-state index in [-0.39, 0.29) is 26.1 Å². The first-order valence-electron chi connectivity index (χ1n) is 35.4. The molecule has 0 fully saturated rings. The molecule has 10 heteroatoms. The molecule has 0 rings (SSSR count). The predicted octanol–water partition coefficient (Wildman–Crippen LogP) is 23.0. The van der Waals surface area contributed by atoms with Crippen LogP contribution in [0.3, 0.4) is 0 Å². The number of likely N-dealkylation sites (N-methyl/N-ethyl adjacent to an activating group) is 1. The summed E-state index contributed by atoms with van der Waals surface area (Å²) in [6.07, 6.45) is 111. The number of phosphoric acid groups is 1. The van der Waals surface area contributed by atoms with Crippen LogP contribution >= 0.6 is 7.82 Å². The van der Waals surface area contributed by atoms with Crippen molar-refractivity contribution < 1.29 is 42.1 Å². The molecule has 0 saturated carbocycles. The second kappa shape index (κ2) is 69.7. The number of carbonyl (C=O) groups is 2. The van der Waals surface area contributed by atoms with E-state index >= 15 is 0 Å². The third-order valence-corrected chi connectivity index (χ3v) is 15.0. The molecule has 0 radical (unpaired) electrons. The molecule has 2 unspecified atom stereocenters. The van der Waals surface area contributed by atoms with E-state index in [1.54, 1.807) is 0 Å². The highest BCUT2D eigenvalue weighted by Crippen LogP contribution is 2.38. The van der Waals surface area contributed by atoms with Gasteiger partial charge in [0, 0.05) is 12.8 Å². The lowest BCUT2D eigenvalue weighted by Gasteiger charge is -2.28. The molecule has 0 spiro atoms. The summed E-state index contributed by atoms with van der Waals surface area (Å²) in [5.41, 5.74) is 0. The molecular formula is C82H128NO8P. The minimum absolute atomic E-state index is 0.0496. The Kier molecular flexibility index (Phi) is 65.4. The van der Waals surface area contributed by atoms with Crippen LogP contribution in [-0.4, -0.2) is 70.0 Å². The Morgan fingerprint density at radius 3 is 0.870 bits per heavy atom. The van der Waals surface area contributed by atoms with Gasteiger partial charge in [0.05, 0.1) is 27.7 Å². The van der Waals surface area contributed by atoms with Crippen molar-refractivity contribution in [2.75, 3.05) is 47.5 Å². The molecule has 0 N–H and O–H groups in total. The highest BCUT2D eigenvalue weighted by atomic mass is 31.2. The van der Waals surface area contributed by atoms with E-state index in [9.17, 15) is 19.0 Å². The number of allylic oxidation sites excluding steroid dienone is 36. The van der Waals surface area contributed by atoms with Gasteiger partial charge in [-0.15, -0.1) is 0 Å². The third-order valence-electron chi connectivity index (χ3n) is 14.0. The lowest BCUT2D eigenvalue weighted by atomic mass is 10.1. The van der Waals surface area contributed by atoms with Crippen molar-refractivity contribution in [2.45, 2.75) is 238 Å². The van der Waals surface area contributed by atoms with Gasteiger partial charge in [0.1, 0.15) is 19.8 Å². The number of phosphoric ester groups is 1. The minimum atomic E-state index is -4.67. The molecule has 0 heterocycles. The molecule has 0 aliphatic rings. The van der Waals surface area contributed by atoms with Crippen molar-refractivity contribution in [1.29, 1.82) is 0 Å². The van der Waals surface area contributed by atoms with Gasteiger partial charge in [-0.3, -0.25) is 14.2 Å². The first kappa shape index (κ1) is 86.3. The van der Waals surface area contributed by atoms with Crippen LogP contribution in [0.2, 0.25) is 0 Å². The largest absolute Gasteiger partial charge is 0.756 e. The normalized spacial score (nSPS) is 14.5. The minimum Gasteiger partial charge on any atom is -0.756 e. The number of carbonyl (C=O) groups excluding carboxylic acids is 2. The van der Waals surface area contributed by atoms with Crippen molar-refractivity contribution in [1.82, 2.24) is 0 Å². The Balaban J connectivity index is 4.23. The summed E-state index contributed by atoms with van der Waals surface area (Å²) in [4.78, 5) is 38.1. The lowest BCUT2D eigenvalue weighted by molar-refractivity contribution is -0.870. The Morgan fingerprint density at radius 2 is 0.587 bits per heavy atom. The first-order valence-corrected chi connectivity index (χ1v) is 36.9. The zero-order chi connectivity index (χ0) is 66.9. The highest BCUT2D eigenvalue weighted by molar-refractivity contribution is 7.45. The van der Waals surface area contributed by atoms with Gasteiger partial charge in [0.25, 0.3) is 7.82 Å². The number of hydrogen-bond acceptors (Lipinski definition) is 8. The van der Waals surface area contributed by atoms with Gasteiger partial charge in [-0.1, -0.05) is 284 Å². The molecule has 0 aromatic heterocycles. The smallest absolute Gasteiger partial charge is 0.306 e. The van der Waals surface area contributed by atoms with E-state index in [4.69, 9.17) is 18.5 Å². The maximum atomic E-state index is 12.9. The van der Waals surface area contributed by atoms with Crippen LogP contribution in [0, 0.1) is 0 Å². The zero-order valence-electron chi connectivity index (χ0n) is 58.4. The van der Waals surface area contributed by atoms with Crippen molar-refractivity contribution in [2.24, 2.45) is 0 Å². The van der Waals surface area contributed by atoms with Crippen molar-refractivity contribution in [3.63, 3.8) is 0 Å². The van der Waals surface area contributed by atoms with Gasteiger partial charge >= 0.3 is 11.9 Å². The number of rotatable bonds is 62. The number of unbranched alkanes of at least 4 members (excludes halogenated alkanes) is 12. The van der Waals surface area contributed by atoms with Crippen molar-refractivity contribution >= 4 is 19.8 Å². The van der Waals surface area contributed by atoms with Crippen LogP contribution < -0.4 is 4.89 Å². The summed E-state index contributed by atoms with van der Waals surface area (Å²) in [5.74, 6) is -0.886. The van der Waals surface area contributed by atoms with Gasteiger partial charge in [-0.2, -0.15) is 0 Å². The van der Waals surface area contributed by atoms with E-state index in [0.29, 0.717) is 23.9 Å². The molecular weight excluding hydrogens is 1160 g/mol. The standard InChI is InChI=1S/C82H128NO8P/c1-6-8-10-12-14-16-18-20-22-24-26-28-30-32-34-36-38-39-40-41-42-43-45-47-49-51-53-55-57-59-61-63-65-67-69-71-73-75-82(85)91-80(79-90-92(86,87)89-77-76-83(3,4)5)78-88-81(84)74-72-70-68-66-64-62-60-58-56-54-52-50-48-46-44-37-35-33-31-29-27-25-23-21-19-17-15-13-11-9-7-2/h8-11,14-17,20-23,26-29,32-35,38-39,41-42,44-47,50-53,56-59,80H,6-7,12-13,18-19,24-25,30-31,36-37,40,43,48-49,54-55,60-79H2,1-5H3/b10-8-,11-9-,16-14-,17-15-,22-20-,23-21-,28-26-,29-27-,34-32-,35-33-,39-38-,42-41-,46-44-,47-45-,52-50-,53-51-,58-56-,59-57-. The molecule has 0 aromatic rings. The first-order chi connectivity index (χ1) is 45.0. The van der Waals surface area contributed by atoms with E-state index in [2.05, 4.69) is 233 Å². The molecule has 0 aromatic carbocycles. The van der Waals surface area contributed by atoms with Crippen molar-refractivity contribution in [3.05, 3.63) is 219 Å². The number of ether oxygens (including phenoxy) is 2. The van der Waals surface area contributed by atoms with Gasteiger partial charge in [0.15, 0.2) is 6.10 Å². The fraction of sp³-hybridized carbons (Fsp3) is 0.537. The summed E-state index contributed by atoms with van der Waals surface area (Å²) in [7, 11) is 1.11.